The molecular weight excluding hydrogens is 327 g/mol. The van der Waals surface area contributed by atoms with Gasteiger partial charge >= 0.3 is 7.60 Å². The highest BCUT2D eigenvalue weighted by molar-refractivity contribution is 8.08. The zero-order valence-corrected chi connectivity index (χ0v) is 15.1. The van der Waals surface area contributed by atoms with E-state index in [1.165, 1.54) is 0 Å². The Labute approximate surface area is 142 Å². The minimum absolute atomic E-state index is 0.339. The summed E-state index contributed by atoms with van der Waals surface area (Å²) in [6, 6.07) is 19.8. The molecule has 2 aromatic carbocycles. The second kappa shape index (κ2) is 9.09. The van der Waals surface area contributed by atoms with E-state index in [0.29, 0.717) is 13.2 Å². The summed E-state index contributed by atoms with van der Waals surface area (Å²) in [5, 5.41) is 0. The third kappa shape index (κ3) is 5.67. The molecule has 2 aromatic rings. The molecule has 0 atom stereocenters. The predicted molar refractivity (Wildman–Crippen MR) is 97.6 cm³/mol. The molecule has 3 nitrogen and oxygen atoms in total. The van der Waals surface area contributed by atoms with Crippen molar-refractivity contribution in [1.29, 1.82) is 0 Å². The van der Waals surface area contributed by atoms with E-state index in [2.05, 4.69) is 0 Å². The van der Waals surface area contributed by atoms with E-state index in [1.54, 1.807) is 17.6 Å². The summed E-state index contributed by atoms with van der Waals surface area (Å²) < 4.78 is 23.7. The second-order valence-electron chi connectivity index (χ2n) is 4.65. The molecule has 122 valence electrons. The maximum absolute atomic E-state index is 12.9. The van der Waals surface area contributed by atoms with Crippen molar-refractivity contribution in [1.82, 2.24) is 0 Å². The molecule has 2 rings (SSSR count). The first kappa shape index (κ1) is 18.0. The van der Waals surface area contributed by atoms with Crippen molar-refractivity contribution in [3.05, 3.63) is 72.0 Å². The molecule has 0 N–H and O–H groups in total. The predicted octanol–water partition coefficient (Wildman–Crippen LogP) is 6.04. The summed E-state index contributed by atoms with van der Waals surface area (Å²) in [6.45, 7) is 4.30. The van der Waals surface area contributed by atoms with Crippen molar-refractivity contribution < 1.29 is 13.6 Å². The Kier molecular flexibility index (Phi) is 7.13. The fourth-order valence-electron chi connectivity index (χ4n) is 1.99. The first-order valence-electron chi connectivity index (χ1n) is 7.57. The molecule has 0 fully saturated rings. The van der Waals surface area contributed by atoms with Crippen LogP contribution in [0.2, 0.25) is 0 Å². The van der Waals surface area contributed by atoms with Gasteiger partial charge in [-0.3, -0.25) is 4.57 Å². The van der Waals surface area contributed by atoms with E-state index in [-0.39, 0.29) is 0 Å². The van der Waals surface area contributed by atoms with Gasteiger partial charge in [0, 0.05) is 15.6 Å². The molecule has 0 unspecified atom stereocenters. The largest absolute Gasteiger partial charge is 0.355 e. The van der Waals surface area contributed by atoms with Gasteiger partial charge in [0.15, 0.2) is 0 Å². The Morgan fingerprint density at radius 3 is 2.00 bits per heavy atom. The Morgan fingerprint density at radius 2 is 1.48 bits per heavy atom. The zero-order chi connectivity index (χ0) is 16.5. The molecule has 0 aromatic heterocycles. The van der Waals surface area contributed by atoms with E-state index in [9.17, 15) is 4.57 Å². The minimum Gasteiger partial charge on any atom is -0.306 e. The number of hydrogen-bond acceptors (Lipinski definition) is 4. The SMILES string of the molecule is CCOP(=O)(/C=C(\Sc1ccccc1)c1ccccc1)OCC. The highest BCUT2D eigenvalue weighted by Crippen LogP contribution is 2.53. The normalized spacial score (nSPS) is 12.3. The number of benzene rings is 2. The number of thioether (sulfide) groups is 1. The first-order chi connectivity index (χ1) is 11.2. The van der Waals surface area contributed by atoms with Crippen LogP contribution in [-0.4, -0.2) is 13.2 Å². The molecule has 0 aliphatic carbocycles. The van der Waals surface area contributed by atoms with Gasteiger partial charge in [-0.2, -0.15) is 0 Å². The van der Waals surface area contributed by atoms with E-state index < -0.39 is 7.60 Å². The molecule has 5 heteroatoms. The second-order valence-corrected chi connectivity index (χ2v) is 7.62. The van der Waals surface area contributed by atoms with Crippen LogP contribution < -0.4 is 0 Å². The molecule has 0 radical (unpaired) electrons. The molecule has 0 saturated heterocycles. The van der Waals surface area contributed by atoms with Crippen LogP contribution in [0.5, 0.6) is 0 Å². The maximum atomic E-state index is 12.9. The zero-order valence-electron chi connectivity index (χ0n) is 13.3. The standard InChI is InChI=1S/C18H21O3PS/c1-3-20-22(19,21-4-2)15-18(16-11-7-5-8-12-16)23-17-13-9-6-10-14-17/h5-15H,3-4H2,1-2H3/b18-15-. The Bertz CT molecular complexity index is 661. The van der Waals surface area contributed by atoms with Gasteiger partial charge in [-0.25, -0.2) is 0 Å². The van der Waals surface area contributed by atoms with Crippen molar-refractivity contribution in [2.24, 2.45) is 0 Å². The van der Waals surface area contributed by atoms with E-state index in [0.717, 1.165) is 15.4 Å². The molecule has 0 aliphatic rings. The summed E-state index contributed by atoms with van der Waals surface area (Å²) in [4.78, 5) is 1.93. The van der Waals surface area contributed by atoms with Gasteiger partial charge in [0.2, 0.25) is 0 Å². The molecule has 0 aliphatic heterocycles. The molecule has 0 amide bonds. The van der Waals surface area contributed by atoms with Crippen LogP contribution in [-0.2, 0) is 13.6 Å². The third-order valence-corrected chi connectivity index (χ3v) is 5.99. The average molecular weight is 348 g/mol. The fourth-order valence-corrected chi connectivity index (χ4v) is 4.77. The third-order valence-electron chi connectivity index (χ3n) is 2.92. The average Bonchev–Trinajstić information content (AvgIpc) is 2.56. The molecule has 0 saturated carbocycles. The summed E-state index contributed by atoms with van der Waals surface area (Å²) in [7, 11) is -3.26. The number of rotatable bonds is 8. The summed E-state index contributed by atoms with van der Waals surface area (Å²) >= 11 is 1.55. The van der Waals surface area contributed by atoms with Gasteiger partial charge in [-0.1, -0.05) is 60.3 Å². The molecule has 0 spiro atoms. The Hall–Kier alpha value is -1.32. The van der Waals surface area contributed by atoms with Crippen molar-refractivity contribution in [3.8, 4) is 0 Å². The first-order valence-corrected chi connectivity index (χ1v) is 9.99. The van der Waals surface area contributed by atoms with Gasteiger partial charge in [-0.15, -0.1) is 0 Å². The lowest BCUT2D eigenvalue weighted by atomic mass is 10.2. The van der Waals surface area contributed by atoms with Crippen LogP contribution in [0.25, 0.3) is 4.91 Å². The Balaban J connectivity index is 2.40. The van der Waals surface area contributed by atoms with Crippen LogP contribution in [0.4, 0.5) is 0 Å². The quantitative estimate of drug-likeness (QED) is 0.430. The van der Waals surface area contributed by atoms with Crippen molar-refractivity contribution >= 4 is 24.3 Å². The van der Waals surface area contributed by atoms with Crippen molar-refractivity contribution in [2.75, 3.05) is 13.2 Å². The van der Waals surface area contributed by atoms with Crippen LogP contribution in [0.1, 0.15) is 19.4 Å². The molecule has 23 heavy (non-hydrogen) atoms. The van der Waals surface area contributed by atoms with Gasteiger partial charge in [-0.05, 0) is 31.5 Å². The molecule has 0 heterocycles. The topological polar surface area (TPSA) is 35.5 Å². The minimum atomic E-state index is -3.26. The smallest absolute Gasteiger partial charge is 0.306 e. The molecular formula is C18H21O3PS. The fraction of sp³-hybridized carbons (Fsp3) is 0.222. The maximum Gasteiger partial charge on any atom is 0.355 e. The van der Waals surface area contributed by atoms with Gasteiger partial charge in [0.05, 0.1) is 13.2 Å². The summed E-state index contributed by atoms with van der Waals surface area (Å²) in [5.74, 6) is 1.63. The van der Waals surface area contributed by atoms with Crippen LogP contribution in [0, 0.1) is 0 Å². The van der Waals surface area contributed by atoms with Gasteiger partial charge < -0.3 is 9.05 Å². The van der Waals surface area contributed by atoms with Crippen molar-refractivity contribution in [2.45, 2.75) is 18.7 Å². The van der Waals surface area contributed by atoms with Crippen molar-refractivity contribution in [3.63, 3.8) is 0 Å². The van der Waals surface area contributed by atoms with E-state index in [1.807, 2.05) is 74.5 Å². The lowest BCUT2D eigenvalue weighted by molar-refractivity contribution is 0.229. The van der Waals surface area contributed by atoms with E-state index >= 15 is 0 Å². The monoisotopic (exact) mass is 348 g/mol. The Morgan fingerprint density at radius 1 is 0.957 bits per heavy atom. The summed E-state index contributed by atoms with van der Waals surface area (Å²) in [6.07, 6.45) is 0. The van der Waals surface area contributed by atoms with Gasteiger partial charge in [0.25, 0.3) is 0 Å². The highest BCUT2D eigenvalue weighted by atomic mass is 32.2. The summed E-state index contributed by atoms with van der Waals surface area (Å²) in [5.41, 5.74) is 0.987. The van der Waals surface area contributed by atoms with Crippen LogP contribution in [0.3, 0.4) is 0 Å². The highest BCUT2D eigenvalue weighted by Gasteiger charge is 2.22. The number of hydrogen-bond donors (Lipinski definition) is 0. The van der Waals surface area contributed by atoms with E-state index in [4.69, 9.17) is 9.05 Å². The molecule has 0 bridgehead atoms. The van der Waals surface area contributed by atoms with Gasteiger partial charge in [0.1, 0.15) is 0 Å². The van der Waals surface area contributed by atoms with Crippen LogP contribution >= 0.6 is 19.4 Å². The lowest BCUT2D eigenvalue weighted by Gasteiger charge is -2.16. The lowest BCUT2D eigenvalue weighted by Crippen LogP contribution is -1.94. The van der Waals surface area contributed by atoms with Crippen LogP contribution in [0.15, 0.2) is 71.4 Å².